The molecule has 18 heavy (non-hydrogen) atoms. The van der Waals surface area contributed by atoms with Gasteiger partial charge in [-0.25, -0.2) is 4.79 Å². The molecule has 0 aromatic rings. The van der Waals surface area contributed by atoms with Gasteiger partial charge in [0.1, 0.15) is 5.41 Å². The van der Waals surface area contributed by atoms with E-state index in [2.05, 4.69) is 17.6 Å². The van der Waals surface area contributed by atoms with E-state index in [4.69, 9.17) is 0 Å². The van der Waals surface area contributed by atoms with E-state index in [1.54, 1.807) is 13.8 Å². The lowest BCUT2D eigenvalue weighted by atomic mass is 9.75. The number of barbiturate groups is 1. The fraction of sp³-hybridized carbons (Fsp3) is 0.615. The zero-order valence-corrected chi connectivity index (χ0v) is 11.1. The van der Waals surface area contributed by atoms with Crippen LogP contribution in [0.15, 0.2) is 11.6 Å². The second-order valence-corrected chi connectivity index (χ2v) is 4.53. The minimum Gasteiger partial charge on any atom is -0.277 e. The van der Waals surface area contributed by atoms with Crippen molar-refractivity contribution in [3.8, 4) is 0 Å². The lowest BCUT2D eigenvalue weighted by Gasteiger charge is -2.34. The van der Waals surface area contributed by atoms with Gasteiger partial charge in [0.25, 0.3) is 0 Å². The second-order valence-electron chi connectivity index (χ2n) is 4.53. The zero-order valence-electron chi connectivity index (χ0n) is 11.1. The molecule has 0 aromatic carbocycles. The summed E-state index contributed by atoms with van der Waals surface area (Å²) in [6.45, 7) is 5.62. The summed E-state index contributed by atoms with van der Waals surface area (Å²) in [5, 5.41) is 4.34. The summed E-state index contributed by atoms with van der Waals surface area (Å²) < 4.78 is 0. The monoisotopic (exact) mass is 252 g/mol. The molecule has 5 heteroatoms. The first-order valence-electron chi connectivity index (χ1n) is 6.33. The van der Waals surface area contributed by atoms with Crippen LogP contribution >= 0.6 is 0 Å². The topological polar surface area (TPSA) is 75.3 Å². The first-order chi connectivity index (χ1) is 8.48. The van der Waals surface area contributed by atoms with Crippen molar-refractivity contribution in [1.29, 1.82) is 0 Å². The maximum atomic E-state index is 12.0. The van der Waals surface area contributed by atoms with Gasteiger partial charge >= 0.3 is 6.03 Å². The smallest absolute Gasteiger partial charge is 0.277 e. The average Bonchev–Trinajstić information content (AvgIpc) is 2.29. The van der Waals surface area contributed by atoms with E-state index in [1.165, 1.54) is 0 Å². The van der Waals surface area contributed by atoms with Crippen LogP contribution in [0.3, 0.4) is 0 Å². The van der Waals surface area contributed by atoms with Crippen molar-refractivity contribution in [2.75, 3.05) is 0 Å². The van der Waals surface area contributed by atoms with Crippen molar-refractivity contribution in [2.45, 2.75) is 46.5 Å². The zero-order chi connectivity index (χ0) is 13.8. The van der Waals surface area contributed by atoms with Gasteiger partial charge < -0.3 is 0 Å². The molecule has 0 radical (unpaired) electrons. The Bertz CT molecular complexity index is 379. The predicted molar refractivity (Wildman–Crippen MR) is 67.7 cm³/mol. The molecular formula is C13H20N2O3. The number of carbonyl (C=O) groups is 3. The van der Waals surface area contributed by atoms with Crippen molar-refractivity contribution in [1.82, 2.24) is 10.6 Å². The number of unbranched alkanes of at least 4 members (excludes halogenated alkanes) is 2. The molecule has 1 saturated heterocycles. The van der Waals surface area contributed by atoms with Gasteiger partial charge in [-0.15, -0.1) is 0 Å². The SMILES string of the molecule is CCCC/C=C(/C)C1(CC)C(=O)NC(=O)NC1=O. The highest BCUT2D eigenvalue weighted by atomic mass is 16.2. The first kappa shape index (κ1) is 14.4. The normalized spacial score (nSPS) is 19.5. The minimum atomic E-state index is -1.23. The van der Waals surface area contributed by atoms with Crippen LogP contribution in [0.1, 0.15) is 46.5 Å². The highest BCUT2D eigenvalue weighted by molar-refractivity contribution is 6.21. The number of nitrogens with one attached hydrogen (secondary N) is 2. The largest absolute Gasteiger partial charge is 0.328 e. The number of allylic oxidation sites excluding steroid dienone is 1. The molecule has 1 fully saturated rings. The van der Waals surface area contributed by atoms with Gasteiger partial charge in [-0.3, -0.25) is 20.2 Å². The van der Waals surface area contributed by atoms with Gasteiger partial charge in [-0.05, 0) is 19.8 Å². The third kappa shape index (κ3) is 2.44. The quantitative estimate of drug-likeness (QED) is 0.445. The Hall–Kier alpha value is -1.65. The van der Waals surface area contributed by atoms with E-state index in [9.17, 15) is 14.4 Å². The summed E-state index contributed by atoms with van der Waals surface area (Å²) in [5.74, 6) is -1.05. The summed E-state index contributed by atoms with van der Waals surface area (Å²) in [4.78, 5) is 35.1. The van der Waals surface area contributed by atoms with Crippen molar-refractivity contribution in [2.24, 2.45) is 5.41 Å². The van der Waals surface area contributed by atoms with Crippen LogP contribution in [0.2, 0.25) is 0 Å². The fourth-order valence-corrected chi connectivity index (χ4v) is 2.21. The molecule has 0 spiro atoms. The molecule has 5 nitrogen and oxygen atoms in total. The van der Waals surface area contributed by atoms with E-state index in [0.717, 1.165) is 19.3 Å². The van der Waals surface area contributed by atoms with Crippen LogP contribution in [0.25, 0.3) is 0 Å². The van der Waals surface area contributed by atoms with Gasteiger partial charge in [-0.2, -0.15) is 0 Å². The Morgan fingerprint density at radius 1 is 1.17 bits per heavy atom. The summed E-state index contributed by atoms with van der Waals surface area (Å²) in [6, 6.07) is -0.740. The summed E-state index contributed by atoms with van der Waals surface area (Å²) in [6.07, 6.45) is 5.16. The Labute approximate surface area is 107 Å². The summed E-state index contributed by atoms with van der Waals surface area (Å²) >= 11 is 0. The number of rotatable bonds is 5. The maximum absolute atomic E-state index is 12.0. The fourth-order valence-electron chi connectivity index (χ4n) is 2.21. The molecule has 4 amide bonds. The lowest BCUT2D eigenvalue weighted by Crippen LogP contribution is -2.62. The Kier molecular flexibility index (Phi) is 4.64. The van der Waals surface area contributed by atoms with Crippen molar-refractivity contribution in [3.05, 3.63) is 11.6 Å². The highest BCUT2D eigenvalue weighted by Crippen LogP contribution is 2.34. The van der Waals surface area contributed by atoms with Gasteiger partial charge in [0.2, 0.25) is 11.8 Å². The van der Waals surface area contributed by atoms with Crippen molar-refractivity contribution >= 4 is 17.8 Å². The number of urea groups is 1. The molecule has 0 aliphatic carbocycles. The van der Waals surface area contributed by atoms with Crippen LogP contribution in [0.4, 0.5) is 4.79 Å². The van der Waals surface area contributed by atoms with Gasteiger partial charge in [0.05, 0.1) is 0 Å². The molecule has 1 heterocycles. The van der Waals surface area contributed by atoms with Gasteiger partial charge in [-0.1, -0.05) is 38.3 Å². The standard InChI is InChI=1S/C13H20N2O3/c1-4-6-7-8-9(3)13(5-2)10(16)14-12(18)15-11(13)17/h8H,4-7H2,1-3H3,(H2,14,15,16,17,18)/b9-8-. The van der Waals surface area contributed by atoms with Crippen LogP contribution in [-0.4, -0.2) is 17.8 Å². The molecule has 0 unspecified atom stereocenters. The number of hydrogen-bond donors (Lipinski definition) is 2. The van der Waals surface area contributed by atoms with Crippen LogP contribution < -0.4 is 10.6 Å². The summed E-state index contributed by atoms with van der Waals surface area (Å²) in [5.41, 5.74) is -0.525. The second kappa shape index (κ2) is 5.80. The van der Waals surface area contributed by atoms with E-state index in [1.807, 2.05) is 6.08 Å². The molecular weight excluding hydrogens is 232 g/mol. The van der Waals surface area contributed by atoms with Crippen LogP contribution in [0, 0.1) is 5.41 Å². The molecule has 1 rings (SSSR count). The predicted octanol–water partition coefficient (Wildman–Crippen LogP) is 1.89. The minimum absolute atomic E-state index is 0.340. The van der Waals surface area contributed by atoms with Crippen molar-refractivity contribution in [3.63, 3.8) is 0 Å². The number of imide groups is 2. The molecule has 2 N–H and O–H groups in total. The number of amides is 4. The Balaban J connectivity index is 3.03. The summed E-state index contributed by atoms with van der Waals surface area (Å²) in [7, 11) is 0. The maximum Gasteiger partial charge on any atom is 0.328 e. The Morgan fingerprint density at radius 3 is 2.17 bits per heavy atom. The van der Waals surface area contributed by atoms with E-state index in [0.29, 0.717) is 12.0 Å². The average molecular weight is 252 g/mol. The molecule has 0 atom stereocenters. The lowest BCUT2D eigenvalue weighted by molar-refractivity contribution is -0.141. The molecule has 100 valence electrons. The van der Waals surface area contributed by atoms with E-state index >= 15 is 0 Å². The van der Waals surface area contributed by atoms with Gasteiger partial charge in [0, 0.05) is 0 Å². The van der Waals surface area contributed by atoms with Crippen molar-refractivity contribution < 1.29 is 14.4 Å². The van der Waals surface area contributed by atoms with E-state index in [-0.39, 0.29) is 0 Å². The van der Waals surface area contributed by atoms with E-state index < -0.39 is 23.3 Å². The third-order valence-electron chi connectivity index (χ3n) is 3.44. The van der Waals surface area contributed by atoms with Crippen LogP contribution in [-0.2, 0) is 9.59 Å². The molecule has 0 aromatic heterocycles. The molecule has 1 aliphatic heterocycles. The van der Waals surface area contributed by atoms with Crippen LogP contribution in [0.5, 0.6) is 0 Å². The molecule has 0 saturated carbocycles. The first-order valence-corrected chi connectivity index (χ1v) is 6.33. The van der Waals surface area contributed by atoms with Gasteiger partial charge in [0.15, 0.2) is 0 Å². The third-order valence-corrected chi connectivity index (χ3v) is 3.44. The molecule has 0 bridgehead atoms. The molecule has 1 aliphatic rings. The number of hydrogen-bond acceptors (Lipinski definition) is 3. The highest BCUT2D eigenvalue weighted by Gasteiger charge is 2.49. The number of carbonyl (C=O) groups excluding carboxylic acids is 3. The Morgan fingerprint density at radius 2 is 1.72 bits per heavy atom.